The molecule has 0 fully saturated rings. The molecule has 1 atom stereocenters. The number of rotatable bonds is 3. The molecule has 1 rings (SSSR count). The van der Waals surface area contributed by atoms with Crippen molar-refractivity contribution >= 4 is 11.8 Å². The summed E-state index contributed by atoms with van der Waals surface area (Å²) in [5.74, 6) is -2.05. The van der Waals surface area contributed by atoms with E-state index in [4.69, 9.17) is 0 Å². The Hall–Kier alpha value is -0.970. The molecule has 76 valence electrons. The highest BCUT2D eigenvalue weighted by molar-refractivity contribution is 7.98. The maximum Gasteiger partial charge on any atom is 0.223 e. The second kappa shape index (κ2) is 4.50. The summed E-state index contributed by atoms with van der Waals surface area (Å²) in [6.45, 7) is 5.10. The molecule has 0 aliphatic carbocycles. The van der Waals surface area contributed by atoms with E-state index in [0.717, 1.165) is 11.8 Å². The predicted molar refractivity (Wildman–Crippen MR) is 52.3 cm³/mol. The van der Waals surface area contributed by atoms with E-state index in [1.807, 2.05) is 0 Å². The smallest absolute Gasteiger partial charge is 0.193 e. The van der Waals surface area contributed by atoms with Crippen LogP contribution in [0.1, 0.15) is 18.4 Å². The van der Waals surface area contributed by atoms with Gasteiger partial charge in [-0.25, -0.2) is 0 Å². The normalized spacial score (nSPS) is 12.6. The van der Waals surface area contributed by atoms with E-state index in [-0.39, 0.29) is 10.7 Å². The van der Waals surface area contributed by atoms with Gasteiger partial charge in [0.1, 0.15) is 0 Å². The van der Waals surface area contributed by atoms with Crippen LogP contribution in [0.5, 0.6) is 0 Å². The Kier molecular flexibility index (Phi) is 3.57. The van der Waals surface area contributed by atoms with Gasteiger partial charge in [0.25, 0.3) is 0 Å². The first-order valence-electron chi connectivity index (χ1n) is 3.99. The highest BCUT2D eigenvalue weighted by Gasteiger charge is 2.17. The summed E-state index contributed by atoms with van der Waals surface area (Å²) < 4.78 is 26.6. The number of hydrogen-bond acceptors (Lipinski definition) is 3. The minimum atomic E-state index is -0.811. The van der Waals surface area contributed by atoms with Crippen molar-refractivity contribution < 1.29 is 8.78 Å². The van der Waals surface area contributed by atoms with E-state index in [1.165, 1.54) is 6.08 Å². The van der Waals surface area contributed by atoms with E-state index in [9.17, 15) is 8.78 Å². The maximum atomic E-state index is 13.3. The lowest BCUT2D eigenvalue weighted by molar-refractivity contribution is 0.474. The maximum absolute atomic E-state index is 13.3. The van der Waals surface area contributed by atoms with Crippen molar-refractivity contribution in [1.82, 2.24) is 9.97 Å². The van der Waals surface area contributed by atoms with E-state index in [0.29, 0.717) is 0 Å². The molecule has 5 heteroatoms. The van der Waals surface area contributed by atoms with Crippen molar-refractivity contribution in [2.24, 2.45) is 0 Å². The molecular formula is C9H10F2N2S. The van der Waals surface area contributed by atoms with Gasteiger partial charge in [0.15, 0.2) is 5.16 Å². The van der Waals surface area contributed by atoms with Gasteiger partial charge in [-0.05, 0) is 6.26 Å². The average molecular weight is 216 g/mol. The lowest BCUT2D eigenvalue weighted by atomic mass is 10.0. The van der Waals surface area contributed by atoms with Gasteiger partial charge in [-0.2, -0.15) is 18.7 Å². The molecule has 0 amide bonds. The molecule has 2 nitrogen and oxygen atoms in total. The summed E-state index contributed by atoms with van der Waals surface area (Å²) in [7, 11) is 0. The Labute approximate surface area is 85.5 Å². The highest BCUT2D eigenvalue weighted by Crippen LogP contribution is 2.22. The van der Waals surface area contributed by atoms with E-state index in [2.05, 4.69) is 16.5 Å². The summed E-state index contributed by atoms with van der Waals surface area (Å²) in [5, 5.41) is 0.0972. The van der Waals surface area contributed by atoms with Crippen molar-refractivity contribution in [3.8, 4) is 0 Å². The molecule has 0 radical (unpaired) electrons. The third-order valence-electron chi connectivity index (χ3n) is 1.82. The molecule has 1 aromatic rings. The molecule has 0 spiro atoms. The van der Waals surface area contributed by atoms with E-state index >= 15 is 0 Å². The first-order valence-corrected chi connectivity index (χ1v) is 5.22. The number of nitrogens with zero attached hydrogens (tertiary/aromatic N) is 2. The molecule has 1 aromatic heterocycles. The van der Waals surface area contributed by atoms with Crippen molar-refractivity contribution in [2.45, 2.75) is 18.0 Å². The standard InChI is InChI=1S/C9H10F2N2S/c1-4-5(2)6-7(10)12-9(14-3)13-8(6)11/h4-5H,1H2,2-3H3. The topological polar surface area (TPSA) is 25.8 Å². The number of allylic oxidation sites excluding steroid dienone is 1. The molecule has 0 saturated heterocycles. The first kappa shape index (κ1) is 11.1. The van der Waals surface area contributed by atoms with Crippen molar-refractivity contribution in [1.29, 1.82) is 0 Å². The van der Waals surface area contributed by atoms with Crippen molar-refractivity contribution in [3.05, 3.63) is 30.1 Å². The van der Waals surface area contributed by atoms with Crippen LogP contribution < -0.4 is 0 Å². The van der Waals surface area contributed by atoms with Crippen LogP contribution in [0.15, 0.2) is 17.8 Å². The minimum absolute atomic E-state index is 0.0972. The molecule has 0 saturated carbocycles. The molecule has 0 aliphatic rings. The summed E-state index contributed by atoms with van der Waals surface area (Å²) >= 11 is 1.10. The van der Waals surface area contributed by atoms with Crippen LogP contribution in [0.25, 0.3) is 0 Å². The molecule has 0 bridgehead atoms. The van der Waals surface area contributed by atoms with Crippen LogP contribution >= 0.6 is 11.8 Å². The summed E-state index contributed by atoms with van der Waals surface area (Å²) in [5.41, 5.74) is -0.127. The molecule has 14 heavy (non-hydrogen) atoms. The second-order valence-electron chi connectivity index (χ2n) is 2.73. The van der Waals surface area contributed by atoms with E-state index in [1.54, 1.807) is 13.2 Å². The van der Waals surface area contributed by atoms with Crippen molar-refractivity contribution in [3.63, 3.8) is 0 Å². The Bertz CT molecular complexity index is 332. The first-order chi connectivity index (χ1) is 6.60. The lowest BCUT2D eigenvalue weighted by Gasteiger charge is -2.08. The number of aromatic nitrogens is 2. The molecule has 0 aliphatic heterocycles. The average Bonchev–Trinajstić information content (AvgIpc) is 2.16. The lowest BCUT2D eigenvalue weighted by Crippen LogP contribution is -2.05. The van der Waals surface area contributed by atoms with Crippen LogP contribution in [0.4, 0.5) is 8.78 Å². The fourth-order valence-corrected chi connectivity index (χ4v) is 1.33. The number of halogens is 2. The fourth-order valence-electron chi connectivity index (χ4n) is 0.983. The monoisotopic (exact) mass is 216 g/mol. The van der Waals surface area contributed by atoms with Gasteiger partial charge >= 0.3 is 0 Å². The van der Waals surface area contributed by atoms with Crippen LogP contribution in [-0.2, 0) is 0 Å². The minimum Gasteiger partial charge on any atom is -0.193 e. The van der Waals surface area contributed by atoms with Crippen LogP contribution in [0, 0.1) is 11.9 Å². The quantitative estimate of drug-likeness (QED) is 0.336. The fraction of sp³-hybridized carbons (Fsp3) is 0.333. The molecule has 1 heterocycles. The zero-order valence-corrected chi connectivity index (χ0v) is 8.74. The van der Waals surface area contributed by atoms with Crippen molar-refractivity contribution in [2.75, 3.05) is 6.26 Å². The Morgan fingerprint density at radius 1 is 1.36 bits per heavy atom. The van der Waals surface area contributed by atoms with Crippen LogP contribution in [0.3, 0.4) is 0 Å². The SMILES string of the molecule is C=CC(C)c1c(F)nc(SC)nc1F. The van der Waals surface area contributed by atoms with Gasteiger partial charge < -0.3 is 0 Å². The highest BCUT2D eigenvalue weighted by atomic mass is 32.2. The number of thioether (sulfide) groups is 1. The molecule has 0 aromatic carbocycles. The molecular weight excluding hydrogens is 206 g/mol. The largest absolute Gasteiger partial charge is 0.223 e. The van der Waals surface area contributed by atoms with Gasteiger partial charge in [-0.3, -0.25) is 0 Å². The van der Waals surface area contributed by atoms with Crippen LogP contribution in [-0.4, -0.2) is 16.2 Å². The van der Waals surface area contributed by atoms with Gasteiger partial charge in [0.2, 0.25) is 11.9 Å². The second-order valence-corrected chi connectivity index (χ2v) is 3.50. The number of hydrogen-bond donors (Lipinski definition) is 0. The Morgan fingerprint density at radius 2 is 1.86 bits per heavy atom. The third-order valence-corrected chi connectivity index (χ3v) is 2.37. The molecule has 0 N–H and O–H groups in total. The zero-order chi connectivity index (χ0) is 10.7. The van der Waals surface area contributed by atoms with Gasteiger partial charge in [0.05, 0.1) is 5.56 Å². The summed E-state index contributed by atoms with van der Waals surface area (Å²) in [6.07, 6.45) is 3.11. The van der Waals surface area contributed by atoms with Crippen LogP contribution in [0.2, 0.25) is 0 Å². The zero-order valence-electron chi connectivity index (χ0n) is 7.92. The Morgan fingerprint density at radius 3 is 2.21 bits per heavy atom. The van der Waals surface area contributed by atoms with Gasteiger partial charge in [-0.15, -0.1) is 6.58 Å². The van der Waals surface area contributed by atoms with Gasteiger partial charge in [0, 0.05) is 5.92 Å². The Balaban J connectivity index is 3.24. The summed E-state index contributed by atoms with van der Waals surface area (Å²) in [6, 6.07) is 0. The van der Waals surface area contributed by atoms with E-state index < -0.39 is 17.8 Å². The summed E-state index contributed by atoms with van der Waals surface area (Å²) in [4.78, 5) is 7.04. The third kappa shape index (κ3) is 2.09. The van der Waals surface area contributed by atoms with Gasteiger partial charge in [-0.1, -0.05) is 24.8 Å². The predicted octanol–water partition coefficient (Wildman–Crippen LogP) is 2.77. The molecule has 1 unspecified atom stereocenters.